The molecule has 0 spiro atoms. The molecule has 2 aliphatic rings. The summed E-state index contributed by atoms with van der Waals surface area (Å²) in [6.45, 7) is 1.41. The number of carbonyl (C=O) groups excluding carboxylic acids is 1. The summed E-state index contributed by atoms with van der Waals surface area (Å²) >= 11 is 5.99. The van der Waals surface area contributed by atoms with Crippen molar-refractivity contribution in [3.63, 3.8) is 0 Å². The van der Waals surface area contributed by atoms with Gasteiger partial charge in [0.25, 0.3) is 5.91 Å². The molecule has 4 rings (SSSR count). The molecule has 3 N–H and O–H groups in total. The van der Waals surface area contributed by atoms with Gasteiger partial charge in [-0.1, -0.05) is 35.9 Å². The number of hydrogen-bond donors (Lipinski definition) is 2. The second kappa shape index (κ2) is 4.23. The van der Waals surface area contributed by atoms with Crippen LogP contribution in [0.2, 0.25) is 5.02 Å². The molecule has 1 unspecified atom stereocenters. The molecule has 1 fully saturated rings. The quantitative estimate of drug-likeness (QED) is 0.794. The van der Waals surface area contributed by atoms with E-state index in [0.717, 1.165) is 17.7 Å². The highest BCUT2D eigenvalue weighted by atomic mass is 35.5. The third-order valence-electron chi connectivity index (χ3n) is 4.33. The number of fused-ring (bicyclic) bond motifs is 3. The molecule has 106 valence electrons. The van der Waals surface area contributed by atoms with E-state index in [9.17, 15) is 4.79 Å². The maximum absolute atomic E-state index is 12.7. The minimum absolute atomic E-state index is 0.0111. The van der Waals surface area contributed by atoms with Gasteiger partial charge in [-0.3, -0.25) is 10.1 Å². The van der Waals surface area contributed by atoms with Crippen LogP contribution in [0.5, 0.6) is 0 Å². The van der Waals surface area contributed by atoms with Gasteiger partial charge in [0.15, 0.2) is 0 Å². The van der Waals surface area contributed by atoms with Gasteiger partial charge in [-0.15, -0.1) is 0 Å². The van der Waals surface area contributed by atoms with E-state index in [4.69, 9.17) is 17.3 Å². The highest BCUT2D eigenvalue weighted by molar-refractivity contribution is 6.30. The van der Waals surface area contributed by atoms with Gasteiger partial charge < -0.3 is 10.6 Å². The molecule has 0 aromatic heterocycles. The zero-order valence-corrected chi connectivity index (χ0v) is 12.0. The molecule has 2 aliphatic heterocycles. The Morgan fingerprint density at radius 2 is 1.95 bits per heavy atom. The summed E-state index contributed by atoms with van der Waals surface area (Å²) in [5, 5.41) is 4.17. The maximum Gasteiger partial charge on any atom is 0.258 e. The number of nitrogen functional groups attached to an aromatic ring is 1. The van der Waals surface area contributed by atoms with Crippen molar-refractivity contribution in [2.75, 3.05) is 18.8 Å². The summed E-state index contributed by atoms with van der Waals surface area (Å²) in [5.74, 6) is -0.0111. The molecule has 1 amide bonds. The number of nitrogens with zero attached hydrogens (tertiary/aromatic N) is 1. The van der Waals surface area contributed by atoms with Crippen molar-refractivity contribution in [2.24, 2.45) is 0 Å². The molecule has 0 aliphatic carbocycles. The Balaban J connectivity index is 2.01. The topological polar surface area (TPSA) is 58.4 Å². The van der Waals surface area contributed by atoms with Gasteiger partial charge in [0.2, 0.25) is 0 Å². The molecule has 4 nitrogen and oxygen atoms in total. The van der Waals surface area contributed by atoms with Crippen LogP contribution in [-0.2, 0) is 5.66 Å². The van der Waals surface area contributed by atoms with Crippen LogP contribution < -0.4 is 11.1 Å². The number of halogens is 1. The van der Waals surface area contributed by atoms with E-state index in [1.54, 1.807) is 6.07 Å². The van der Waals surface area contributed by atoms with Crippen LogP contribution >= 0.6 is 11.6 Å². The van der Waals surface area contributed by atoms with Crippen molar-refractivity contribution < 1.29 is 4.79 Å². The summed E-state index contributed by atoms with van der Waals surface area (Å²) in [5.41, 5.74) is 8.48. The van der Waals surface area contributed by atoms with E-state index >= 15 is 0 Å². The van der Waals surface area contributed by atoms with E-state index in [2.05, 4.69) is 5.32 Å². The molecule has 0 radical (unpaired) electrons. The predicted octanol–water partition coefficient (Wildman–Crippen LogP) is 2.18. The highest BCUT2D eigenvalue weighted by Gasteiger charge is 2.54. The molecule has 2 aromatic rings. The van der Waals surface area contributed by atoms with Crippen molar-refractivity contribution >= 4 is 23.2 Å². The second-order valence-electron chi connectivity index (χ2n) is 5.37. The largest absolute Gasteiger partial charge is 0.398 e. The van der Waals surface area contributed by atoms with E-state index < -0.39 is 5.66 Å². The van der Waals surface area contributed by atoms with Crippen LogP contribution in [0, 0.1) is 0 Å². The van der Waals surface area contributed by atoms with Crippen molar-refractivity contribution in [1.29, 1.82) is 0 Å². The SMILES string of the molecule is Nc1cccc2c1C(=O)N1CCNC21c1ccc(Cl)cc1. The van der Waals surface area contributed by atoms with Crippen LogP contribution in [0.25, 0.3) is 0 Å². The average molecular weight is 300 g/mol. The van der Waals surface area contributed by atoms with Crippen LogP contribution in [0.4, 0.5) is 5.69 Å². The van der Waals surface area contributed by atoms with Crippen molar-refractivity contribution in [3.8, 4) is 0 Å². The number of nitrogens with one attached hydrogen (secondary N) is 1. The van der Waals surface area contributed by atoms with E-state index in [1.807, 2.05) is 41.3 Å². The Bertz CT molecular complexity index is 744. The number of carbonyl (C=O) groups is 1. The lowest BCUT2D eigenvalue weighted by molar-refractivity contribution is 0.0695. The van der Waals surface area contributed by atoms with Crippen LogP contribution in [-0.4, -0.2) is 23.9 Å². The van der Waals surface area contributed by atoms with E-state index in [0.29, 0.717) is 22.8 Å². The fourth-order valence-electron chi connectivity index (χ4n) is 3.46. The third kappa shape index (κ3) is 1.51. The van der Waals surface area contributed by atoms with Crippen LogP contribution in [0.3, 0.4) is 0 Å². The van der Waals surface area contributed by atoms with Gasteiger partial charge >= 0.3 is 0 Å². The first kappa shape index (κ1) is 12.7. The standard InChI is InChI=1S/C16H14ClN3O/c17-11-6-4-10(5-7-11)16-12-2-1-3-13(18)14(12)15(21)20(16)9-8-19-16/h1-7,19H,8-9,18H2. The van der Waals surface area contributed by atoms with Gasteiger partial charge in [-0.25, -0.2) is 0 Å². The van der Waals surface area contributed by atoms with Crippen LogP contribution in [0.15, 0.2) is 42.5 Å². The Morgan fingerprint density at radius 3 is 2.71 bits per heavy atom. The molecule has 1 atom stereocenters. The fraction of sp³-hybridized carbons (Fsp3) is 0.188. The van der Waals surface area contributed by atoms with Crippen molar-refractivity contribution in [1.82, 2.24) is 10.2 Å². The first-order chi connectivity index (χ1) is 10.1. The van der Waals surface area contributed by atoms with Gasteiger partial charge in [-0.2, -0.15) is 0 Å². The molecule has 5 heteroatoms. The highest BCUT2D eigenvalue weighted by Crippen LogP contribution is 2.45. The average Bonchev–Trinajstić information content (AvgIpc) is 3.01. The first-order valence-electron chi connectivity index (χ1n) is 6.86. The normalized spacial score (nSPS) is 23.3. The molecule has 0 saturated carbocycles. The number of nitrogens with two attached hydrogens (primary N) is 1. The lowest BCUT2D eigenvalue weighted by atomic mass is 9.91. The minimum Gasteiger partial charge on any atom is -0.398 e. The maximum atomic E-state index is 12.7. The Hall–Kier alpha value is -2.04. The molecule has 2 heterocycles. The molecular formula is C16H14ClN3O. The lowest BCUT2D eigenvalue weighted by Gasteiger charge is -2.33. The third-order valence-corrected chi connectivity index (χ3v) is 4.58. The van der Waals surface area contributed by atoms with Crippen LogP contribution in [0.1, 0.15) is 21.5 Å². The summed E-state index contributed by atoms with van der Waals surface area (Å²) in [7, 11) is 0. The van der Waals surface area contributed by atoms with E-state index in [1.165, 1.54) is 0 Å². The van der Waals surface area contributed by atoms with Crippen molar-refractivity contribution in [3.05, 3.63) is 64.2 Å². The molecule has 2 aromatic carbocycles. The first-order valence-corrected chi connectivity index (χ1v) is 7.24. The summed E-state index contributed by atoms with van der Waals surface area (Å²) < 4.78 is 0. The summed E-state index contributed by atoms with van der Waals surface area (Å²) in [6, 6.07) is 13.2. The number of hydrogen-bond acceptors (Lipinski definition) is 3. The minimum atomic E-state index is -0.619. The summed E-state index contributed by atoms with van der Waals surface area (Å²) in [6.07, 6.45) is 0. The van der Waals surface area contributed by atoms with Gasteiger partial charge in [-0.05, 0) is 23.8 Å². The number of amides is 1. The monoisotopic (exact) mass is 299 g/mol. The zero-order valence-electron chi connectivity index (χ0n) is 11.3. The smallest absolute Gasteiger partial charge is 0.258 e. The Kier molecular flexibility index (Phi) is 2.55. The van der Waals surface area contributed by atoms with E-state index in [-0.39, 0.29) is 5.91 Å². The lowest BCUT2D eigenvalue weighted by Crippen LogP contribution is -2.46. The van der Waals surface area contributed by atoms with Crippen molar-refractivity contribution in [2.45, 2.75) is 5.66 Å². The fourth-order valence-corrected chi connectivity index (χ4v) is 3.58. The van der Waals surface area contributed by atoms with Gasteiger partial charge in [0.05, 0.1) is 5.56 Å². The second-order valence-corrected chi connectivity index (χ2v) is 5.81. The molecule has 0 bridgehead atoms. The Labute approximate surface area is 127 Å². The summed E-state index contributed by atoms with van der Waals surface area (Å²) in [4.78, 5) is 14.6. The van der Waals surface area contributed by atoms with Gasteiger partial charge in [0.1, 0.15) is 5.66 Å². The molecular weight excluding hydrogens is 286 g/mol. The number of benzene rings is 2. The predicted molar refractivity (Wildman–Crippen MR) is 82.1 cm³/mol. The number of rotatable bonds is 1. The Morgan fingerprint density at radius 1 is 1.19 bits per heavy atom. The number of anilines is 1. The zero-order chi connectivity index (χ0) is 14.6. The molecule has 21 heavy (non-hydrogen) atoms. The van der Waals surface area contributed by atoms with Gasteiger partial charge in [0, 0.05) is 29.4 Å². The molecule has 1 saturated heterocycles.